The van der Waals surface area contributed by atoms with Crippen molar-refractivity contribution >= 4 is 55.9 Å². The summed E-state index contributed by atoms with van der Waals surface area (Å²) in [6.45, 7) is -0.0564. The van der Waals surface area contributed by atoms with Gasteiger partial charge in [-0.05, 0) is 42.5 Å². The van der Waals surface area contributed by atoms with Gasteiger partial charge in [0.2, 0.25) is 14.8 Å². The van der Waals surface area contributed by atoms with Gasteiger partial charge in [-0.1, -0.05) is 24.3 Å². The molecule has 0 spiro atoms. The van der Waals surface area contributed by atoms with E-state index < -0.39 is 10.0 Å². The summed E-state index contributed by atoms with van der Waals surface area (Å²) in [6, 6.07) is 19.1. The van der Waals surface area contributed by atoms with Crippen LogP contribution in [0.25, 0.3) is 11.3 Å². The third-order valence-electron chi connectivity index (χ3n) is 6.64. The first-order chi connectivity index (χ1) is 19.6. The molecule has 41 heavy (non-hydrogen) atoms. The van der Waals surface area contributed by atoms with Gasteiger partial charge in [0.05, 0.1) is 27.7 Å². The van der Waals surface area contributed by atoms with Crippen LogP contribution >= 0.6 is 11.3 Å². The average molecular weight is 589 g/mol. The van der Waals surface area contributed by atoms with E-state index in [1.54, 1.807) is 40.9 Å². The van der Waals surface area contributed by atoms with Crippen LogP contribution in [0.2, 0.25) is 0 Å². The molecule has 0 aliphatic carbocycles. The summed E-state index contributed by atoms with van der Waals surface area (Å²) in [4.78, 5) is 32.0. The Morgan fingerprint density at radius 2 is 1.83 bits per heavy atom. The fraction of sp³-hybridized carbons (Fsp3) is 0.143. The molecule has 1 N–H and O–H groups in total. The molecule has 3 aromatic carbocycles. The number of para-hydroxylation sites is 1. The first kappa shape index (κ1) is 26.6. The number of carbonyl (C=O) groups is 2. The number of nitrogens with zero attached hydrogens (tertiary/aromatic N) is 5. The number of benzene rings is 3. The van der Waals surface area contributed by atoms with Gasteiger partial charge in [-0.15, -0.1) is 11.3 Å². The van der Waals surface area contributed by atoms with E-state index in [1.165, 1.54) is 37.6 Å². The van der Waals surface area contributed by atoms with E-state index in [0.717, 1.165) is 9.99 Å². The van der Waals surface area contributed by atoms with Crippen LogP contribution in [-0.4, -0.2) is 62.7 Å². The molecule has 0 atom stereocenters. The van der Waals surface area contributed by atoms with Crippen molar-refractivity contribution in [2.45, 2.75) is 4.90 Å². The third-order valence-corrected chi connectivity index (χ3v) is 9.27. The number of rotatable bonds is 5. The molecule has 2 aliphatic rings. The second-order valence-electron chi connectivity index (χ2n) is 9.49. The number of aromatic nitrogens is 1. The van der Waals surface area contributed by atoms with Crippen molar-refractivity contribution in [2.75, 3.05) is 38.0 Å². The number of nitrogens with one attached hydrogen (secondary N) is 1. The monoisotopic (exact) mass is 588 g/mol. The summed E-state index contributed by atoms with van der Waals surface area (Å²) in [6.07, 6.45) is 0. The molecule has 13 heteroatoms. The van der Waals surface area contributed by atoms with Crippen LogP contribution in [0.1, 0.15) is 5.56 Å². The van der Waals surface area contributed by atoms with Gasteiger partial charge in [0, 0.05) is 37.6 Å². The molecule has 1 aromatic heterocycles. The molecular weight excluding hydrogens is 564 g/mol. The quantitative estimate of drug-likeness (QED) is 0.383. The van der Waals surface area contributed by atoms with Gasteiger partial charge >= 0.3 is 0 Å². The molecule has 0 bridgehead atoms. The van der Waals surface area contributed by atoms with Gasteiger partial charge in [0.15, 0.2) is 12.3 Å². The molecule has 6 rings (SSSR count). The van der Waals surface area contributed by atoms with Crippen LogP contribution in [0.3, 0.4) is 0 Å². The largest absolute Gasteiger partial charge is 0.482 e. The summed E-state index contributed by atoms with van der Waals surface area (Å²) in [5, 5.41) is 9.46. The number of carbonyl (C=O) groups excluding carboxylic acids is 2. The Balaban J connectivity index is 1.55. The lowest BCUT2D eigenvalue weighted by atomic mass is 10.1. The Bertz CT molecular complexity index is 1940. The standard InChI is InChI=1S/C28H24N6O5S2/c1-32(2)41(37,38)19-8-6-7-18(14-19)29-28-34(31-26-20-9-4-5-10-22(20)33(3)27(26)36)23(16-40-28)17-11-12-24-21(13-17)30-25(35)15-39-24/h4-14,16H,15H2,1-3H3,(H,30,35). The third kappa shape index (κ3) is 4.73. The molecule has 0 radical (unpaired) electrons. The zero-order valence-electron chi connectivity index (χ0n) is 22.2. The Morgan fingerprint density at radius 3 is 2.63 bits per heavy atom. The van der Waals surface area contributed by atoms with E-state index in [2.05, 4.69) is 5.32 Å². The molecule has 2 amide bonds. The number of hydrogen-bond acceptors (Lipinski definition) is 8. The second-order valence-corrected chi connectivity index (χ2v) is 12.5. The van der Waals surface area contributed by atoms with E-state index in [4.69, 9.17) is 14.8 Å². The summed E-state index contributed by atoms with van der Waals surface area (Å²) < 4.78 is 33.7. The van der Waals surface area contributed by atoms with Gasteiger partial charge in [-0.2, -0.15) is 5.10 Å². The Kier molecular flexibility index (Phi) is 6.56. The highest BCUT2D eigenvalue weighted by atomic mass is 32.2. The Labute approximate surface area is 239 Å². The summed E-state index contributed by atoms with van der Waals surface area (Å²) in [5.41, 5.74) is 3.89. The second kappa shape index (κ2) is 10.1. The lowest BCUT2D eigenvalue weighted by Crippen LogP contribution is -2.27. The average Bonchev–Trinajstić information content (AvgIpc) is 3.46. The van der Waals surface area contributed by atoms with Crippen LogP contribution in [0, 0.1) is 0 Å². The Morgan fingerprint density at radius 1 is 1.02 bits per heavy atom. The van der Waals surface area contributed by atoms with Gasteiger partial charge in [0.1, 0.15) is 5.75 Å². The first-order valence-electron chi connectivity index (χ1n) is 12.4. The zero-order valence-corrected chi connectivity index (χ0v) is 23.9. The van der Waals surface area contributed by atoms with Crippen molar-refractivity contribution in [3.05, 3.63) is 82.5 Å². The molecule has 3 heterocycles. The molecule has 2 aliphatic heterocycles. The summed E-state index contributed by atoms with van der Waals surface area (Å²) in [5.74, 6) is 0.0197. The van der Waals surface area contributed by atoms with Gasteiger partial charge in [0.25, 0.3) is 11.8 Å². The predicted molar refractivity (Wildman–Crippen MR) is 156 cm³/mol. The maximum absolute atomic E-state index is 13.3. The minimum absolute atomic E-state index is 0.0564. The molecule has 208 valence electrons. The number of ether oxygens (including phenoxy) is 1. The van der Waals surface area contributed by atoms with Crippen LogP contribution < -0.4 is 19.8 Å². The molecule has 0 fully saturated rings. The number of sulfonamides is 1. The highest BCUT2D eigenvalue weighted by Crippen LogP contribution is 2.34. The molecule has 0 saturated heterocycles. The molecular formula is C28H24N6O5S2. The van der Waals surface area contributed by atoms with Crippen LogP contribution in [0.4, 0.5) is 17.1 Å². The fourth-order valence-electron chi connectivity index (χ4n) is 4.50. The normalized spacial score (nSPS) is 16.1. The van der Waals surface area contributed by atoms with Crippen molar-refractivity contribution in [1.82, 2.24) is 8.98 Å². The lowest BCUT2D eigenvalue weighted by Gasteiger charge is -2.18. The van der Waals surface area contributed by atoms with E-state index >= 15 is 0 Å². The van der Waals surface area contributed by atoms with Crippen molar-refractivity contribution in [3.8, 4) is 17.0 Å². The maximum Gasteiger partial charge on any atom is 0.279 e. The minimum Gasteiger partial charge on any atom is -0.482 e. The van der Waals surface area contributed by atoms with Crippen molar-refractivity contribution in [3.63, 3.8) is 0 Å². The summed E-state index contributed by atoms with van der Waals surface area (Å²) in [7, 11) is 0.952. The number of fused-ring (bicyclic) bond motifs is 2. The molecule has 0 unspecified atom stereocenters. The topological polar surface area (TPSA) is 126 Å². The van der Waals surface area contributed by atoms with E-state index in [-0.39, 0.29) is 29.0 Å². The summed E-state index contributed by atoms with van der Waals surface area (Å²) >= 11 is 1.28. The van der Waals surface area contributed by atoms with Crippen LogP contribution in [-0.2, 0) is 19.6 Å². The number of likely N-dealkylation sites (N-methyl/N-ethyl adjacent to an activating group) is 1. The molecule has 0 saturated carbocycles. The SMILES string of the molecule is CN1C(=O)C(=Nn2c(-c3ccc4c(c3)NC(=O)CO4)csc2=Nc2cccc(S(=O)(=O)N(C)C)c2)c2ccccc21. The van der Waals surface area contributed by atoms with E-state index in [1.807, 2.05) is 35.7 Å². The number of amides is 2. The van der Waals surface area contributed by atoms with Gasteiger partial charge < -0.3 is 15.0 Å². The Hall–Kier alpha value is -4.59. The van der Waals surface area contributed by atoms with Crippen molar-refractivity contribution in [2.24, 2.45) is 10.1 Å². The van der Waals surface area contributed by atoms with Gasteiger partial charge in [-0.25, -0.2) is 22.4 Å². The zero-order chi connectivity index (χ0) is 28.9. The van der Waals surface area contributed by atoms with E-state index in [9.17, 15) is 18.0 Å². The first-order valence-corrected chi connectivity index (χ1v) is 14.8. The number of thiazole rings is 1. The highest BCUT2D eigenvalue weighted by Gasteiger charge is 2.32. The minimum atomic E-state index is -3.67. The van der Waals surface area contributed by atoms with Crippen molar-refractivity contribution < 1.29 is 22.7 Å². The number of hydrogen-bond donors (Lipinski definition) is 1. The predicted octanol–water partition coefficient (Wildman–Crippen LogP) is 3.26. The number of anilines is 2. The smallest absolute Gasteiger partial charge is 0.279 e. The maximum atomic E-state index is 13.3. The van der Waals surface area contributed by atoms with Crippen molar-refractivity contribution in [1.29, 1.82) is 0 Å². The van der Waals surface area contributed by atoms with Crippen LogP contribution in [0.5, 0.6) is 5.75 Å². The lowest BCUT2D eigenvalue weighted by molar-refractivity contribution is -0.118. The van der Waals surface area contributed by atoms with Gasteiger partial charge in [-0.3, -0.25) is 9.59 Å². The van der Waals surface area contributed by atoms with E-state index in [0.29, 0.717) is 38.7 Å². The molecule has 11 nitrogen and oxygen atoms in total. The fourth-order valence-corrected chi connectivity index (χ4v) is 6.29. The molecule has 4 aromatic rings. The highest BCUT2D eigenvalue weighted by molar-refractivity contribution is 7.89. The van der Waals surface area contributed by atoms with Crippen LogP contribution in [0.15, 0.2) is 87.1 Å².